The van der Waals surface area contributed by atoms with E-state index in [9.17, 15) is 18.0 Å². The van der Waals surface area contributed by atoms with Gasteiger partial charge in [0, 0.05) is 25.3 Å². The number of alkyl halides is 3. The lowest BCUT2D eigenvalue weighted by Crippen LogP contribution is -2.43. The quantitative estimate of drug-likeness (QED) is 0.882. The second-order valence-corrected chi connectivity index (χ2v) is 5.14. The molecule has 3 N–H and O–H groups in total. The third-order valence-electron chi connectivity index (χ3n) is 3.66. The van der Waals surface area contributed by atoms with E-state index in [0.29, 0.717) is 12.2 Å². The Kier molecular flexibility index (Phi) is 4.72. The molecule has 1 aliphatic rings. The summed E-state index contributed by atoms with van der Waals surface area (Å²) in [5.74, 6) is -1.30. The van der Waals surface area contributed by atoms with Crippen LogP contribution in [0.15, 0.2) is 24.3 Å². The van der Waals surface area contributed by atoms with E-state index in [2.05, 4.69) is 5.32 Å². The lowest BCUT2D eigenvalue weighted by atomic mass is 9.96. The van der Waals surface area contributed by atoms with Crippen LogP contribution >= 0.6 is 0 Å². The van der Waals surface area contributed by atoms with E-state index in [0.717, 1.165) is 5.56 Å². The molecule has 2 amide bonds. The van der Waals surface area contributed by atoms with Gasteiger partial charge in [-0.3, -0.25) is 0 Å². The lowest BCUT2D eigenvalue weighted by molar-refractivity contribution is -0.183. The second kappa shape index (κ2) is 6.34. The molecule has 1 fully saturated rings. The summed E-state index contributed by atoms with van der Waals surface area (Å²) in [6.07, 6.45) is -4.25. The molecule has 1 aromatic carbocycles. The second-order valence-electron chi connectivity index (χ2n) is 5.14. The fourth-order valence-electron chi connectivity index (χ4n) is 2.39. The third kappa shape index (κ3) is 4.10. The zero-order valence-corrected chi connectivity index (χ0v) is 11.5. The van der Waals surface area contributed by atoms with Crippen LogP contribution in [0.5, 0.6) is 0 Å². The van der Waals surface area contributed by atoms with Crippen LogP contribution in [0.3, 0.4) is 0 Å². The van der Waals surface area contributed by atoms with E-state index in [1.165, 1.54) is 4.90 Å². The van der Waals surface area contributed by atoms with Gasteiger partial charge in [-0.25, -0.2) is 4.79 Å². The summed E-state index contributed by atoms with van der Waals surface area (Å²) in [6, 6.07) is 6.71. The van der Waals surface area contributed by atoms with E-state index >= 15 is 0 Å². The molecule has 2 rings (SSSR count). The van der Waals surface area contributed by atoms with Crippen LogP contribution < -0.4 is 11.1 Å². The predicted octanol–water partition coefficient (Wildman–Crippen LogP) is 2.95. The number of urea groups is 1. The Bertz CT molecular complexity index is 496. The highest BCUT2D eigenvalue weighted by molar-refractivity contribution is 5.89. The summed E-state index contributed by atoms with van der Waals surface area (Å²) >= 11 is 0. The van der Waals surface area contributed by atoms with Gasteiger partial charge in [0.25, 0.3) is 0 Å². The predicted molar refractivity (Wildman–Crippen MR) is 73.7 cm³/mol. The number of rotatable bonds is 2. The Morgan fingerprint density at radius 3 is 2.57 bits per heavy atom. The highest BCUT2D eigenvalue weighted by Crippen LogP contribution is 2.34. The number of hydrogen-bond donors (Lipinski definition) is 2. The Morgan fingerprint density at radius 2 is 2.00 bits per heavy atom. The standard InChI is InChI=1S/C14H18F3N3O/c15-14(16,17)11-4-6-20(7-5-11)13(21)19-12-3-1-2-10(8-12)9-18/h1-3,8,11H,4-7,9,18H2,(H,19,21). The van der Waals surface area contributed by atoms with Crippen molar-refractivity contribution >= 4 is 11.7 Å². The fourth-order valence-corrected chi connectivity index (χ4v) is 2.39. The number of piperidine rings is 1. The van der Waals surface area contributed by atoms with Gasteiger partial charge in [0.2, 0.25) is 0 Å². The van der Waals surface area contributed by atoms with Crippen LogP contribution in [-0.4, -0.2) is 30.2 Å². The number of nitrogens with one attached hydrogen (secondary N) is 1. The number of hydrogen-bond acceptors (Lipinski definition) is 2. The molecule has 1 saturated heterocycles. The van der Waals surface area contributed by atoms with Crippen molar-refractivity contribution in [2.45, 2.75) is 25.6 Å². The highest BCUT2D eigenvalue weighted by atomic mass is 19.4. The van der Waals surface area contributed by atoms with E-state index in [1.54, 1.807) is 18.2 Å². The molecule has 1 aliphatic heterocycles. The number of nitrogens with two attached hydrogens (primary N) is 1. The van der Waals surface area contributed by atoms with Gasteiger partial charge in [0.15, 0.2) is 0 Å². The van der Waals surface area contributed by atoms with Crippen molar-refractivity contribution in [1.29, 1.82) is 0 Å². The number of likely N-dealkylation sites (tertiary alicyclic amines) is 1. The van der Waals surface area contributed by atoms with E-state index < -0.39 is 12.1 Å². The molecule has 0 bridgehead atoms. The van der Waals surface area contributed by atoms with Gasteiger partial charge >= 0.3 is 12.2 Å². The Balaban J connectivity index is 1.90. The van der Waals surface area contributed by atoms with Gasteiger partial charge in [-0.15, -0.1) is 0 Å². The van der Waals surface area contributed by atoms with Gasteiger partial charge in [-0.1, -0.05) is 12.1 Å². The number of halogens is 3. The normalized spacial score (nSPS) is 16.9. The molecule has 0 saturated carbocycles. The zero-order valence-electron chi connectivity index (χ0n) is 11.5. The van der Waals surface area contributed by atoms with Gasteiger partial charge in [0.1, 0.15) is 0 Å². The number of carbonyl (C=O) groups is 1. The first-order chi connectivity index (χ1) is 9.90. The first kappa shape index (κ1) is 15.6. The summed E-state index contributed by atoms with van der Waals surface area (Å²) < 4.78 is 37.7. The number of anilines is 1. The molecule has 0 spiro atoms. The summed E-state index contributed by atoms with van der Waals surface area (Å²) in [7, 11) is 0. The summed E-state index contributed by atoms with van der Waals surface area (Å²) in [4.78, 5) is 13.4. The zero-order chi connectivity index (χ0) is 15.5. The Labute approximate surface area is 121 Å². The topological polar surface area (TPSA) is 58.4 Å². The van der Waals surface area contributed by atoms with Crippen LogP contribution in [0.2, 0.25) is 0 Å². The van der Waals surface area contributed by atoms with Crippen LogP contribution in [0, 0.1) is 5.92 Å². The van der Waals surface area contributed by atoms with E-state index in [4.69, 9.17) is 5.73 Å². The van der Waals surface area contributed by atoms with E-state index in [1.807, 2.05) is 6.07 Å². The molecule has 7 heteroatoms. The average molecular weight is 301 g/mol. The van der Waals surface area contributed by atoms with Gasteiger partial charge in [-0.05, 0) is 30.5 Å². The summed E-state index contributed by atoms with van der Waals surface area (Å²) in [5, 5.41) is 2.69. The maximum Gasteiger partial charge on any atom is 0.391 e. The molecule has 116 valence electrons. The molecule has 0 unspecified atom stereocenters. The molecule has 0 aliphatic carbocycles. The van der Waals surface area contributed by atoms with Gasteiger partial charge < -0.3 is 16.0 Å². The number of amides is 2. The van der Waals surface area contributed by atoms with E-state index in [-0.39, 0.29) is 32.0 Å². The molecule has 1 aromatic rings. The van der Waals surface area contributed by atoms with Crippen LogP contribution in [0.25, 0.3) is 0 Å². The molecule has 21 heavy (non-hydrogen) atoms. The molecule has 0 aromatic heterocycles. The monoisotopic (exact) mass is 301 g/mol. The molecule has 0 atom stereocenters. The average Bonchev–Trinajstić information content (AvgIpc) is 2.46. The highest BCUT2D eigenvalue weighted by Gasteiger charge is 2.41. The van der Waals surface area contributed by atoms with Crippen LogP contribution in [0.4, 0.5) is 23.7 Å². The third-order valence-corrected chi connectivity index (χ3v) is 3.66. The minimum Gasteiger partial charge on any atom is -0.326 e. The molecular weight excluding hydrogens is 283 g/mol. The minimum atomic E-state index is -4.17. The van der Waals surface area contributed by atoms with Crippen molar-refractivity contribution in [3.8, 4) is 0 Å². The molecule has 4 nitrogen and oxygen atoms in total. The maximum atomic E-state index is 12.6. The summed E-state index contributed by atoms with van der Waals surface area (Å²) in [5.41, 5.74) is 7.00. The largest absolute Gasteiger partial charge is 0.391 e. The lowest BCUT2D eigenvalue weighted by Gasteiger charge is -2.32. The van der Waals surface area contributed by atoms with Crippen molar-refractivity contribution < 1.29 is 18.0 Å². The SMILES string of the molecule is NCc1cccc(NC(=O)N2CCC(C(F)(F)F)CC2)c1. The summed E-state index contributed by atoms with van der Waals surface area (Å²) in [6.45, 7) is 0.597. The Hall–Kier alpha value is -1.76. The number of carbonyl (C=O) groups excluding carboxylic acids is 1. The van der Waals surface area contributed by atoms with Crippen LogP contribution in [0.1, 0.15) is 18.4 Å². The molecule has 0 radical (unpaired) electrons. The fraction of sp³-hybridized carbons (Fsp3) is 0.500. The van der Waals surface area contributed by atoms with Crippen molar-refractivity contribution in [2.24, 2.45) is 11.7 Å². The van der Waals surface area contributed by atoms with Gasteiger partial charge in [0.05, 0.1) is 5.92 Å². The van der Waals surface area contributed by atoms with Crippen molar-refractivity contribution in [3.05, 3.63) is 29.8 Å². The molecular formula is C14H18F3N3O. The smallest absolute Gasteiger partial charge is 0.326 e. The van der Waals surface area contributed by atoms with Gasteiger partial charge in [-0.2, -0.15) is 13.2 Å². The minimum absolute atomic E-state index is 0.0419. The Morgan fingerprint density at radius 1 is 1.33 bits per heavy atom. The van der Waals surface area contributed by atoms with Crippen molar-refractivity contribution in [3.63, 3.8) is 0 Å². The van der Waals surface area contributed by atoms with Crippen molar-refractivity contribution in [1.82, 2.24) is 4.90 Å². The first-order valence-corrected chi connectivity index (χ1v) is 6.82. The number of nitrogens with zero attached hydrogens (tertiary/aromatic N) is 1. The number of benzene rings is 1. The van der Waals surface area contributed by atoms with Crippen molar-refractivity contribution in [2.75, 3.05) is 18.4 Å². The maximum absolute atomic E-state index is 12.6. The first-order valence-electron chi connectivity index (χ1n) is 6.82. The van der Waals surface area contributed by atoms with Crippen LogP contribution in [-0.2, 0) is 6.54 Å². The molecule has 1 heterocycles.